The summed E-state index contributed by atoms with van der Waals surface area (Å²) in [5.41, 5.74) is 1.63. The van der Waals surface area contributed by atoms with Crippen molar-refractivity contribution >= 4 is 0 Å². The standard InChI is InChI=1S/C19H25FN4O2/c20-17-4-2-1-3-16(17)19-18(21-23-22-19)13-26-15-5-8-24(12-15)11-14-6-9-25-10-7-14/h1-4,14-15H,5-13H2,(H,21,22,23)/t15-/m0/s1. The average molecular weight is 360 g/mol. The van der Waals surface area contributed by atoms with Crippen LogP contribution in [-0.2, 0) is 16.1 Å². The van der Waals surface area contributed by atoms with Crippen molar-refractivity contribution in [1.82, 2.24) is 20.3 Å². The number of aromatic amines is 1. The van der Waals surface area contributed by atoms with Crippen molar-refractivity contribution in [2.45, 2.75) is 32.0 Å². The predicted molar refractivity (Wildman–Crippen MR) is 95.0 cm³/mol. The molecule has 0 spiro atoms. The molecule has 0 saturated carbocycles. The number of nitrogens with zero attached hydrogens (tertiary/aromatic N) is 3. The fraction of sp³-hybridized carbons (Fsp3) is 0.579. The SMILES string of the molecule is Fc1ccccc1-c1n[nH]nc1CO[C@H]1CCN(CC2CCOCC2)C1. The van der Waals surface area contributed by atoms with E-state index in [1.165, 1.54) is 6.07 Å². The van der Waals surface area contributed by atoms with Crippen LogP contribution in [0.5, 0.6) is 0 Å². The lowest BCUT2D eigenvalue weighted by Gasteiger charge is -2.26. The number of hydrogen-bond acceptors (Lipinski definition) is 5. The molecule has 140 valence electrons. The van der Waals surface area contributed by atoms with Crippen LogP contribution in [0.15, 0.2) is 24.3 Å². The summed E-state index contributed by atoms with van der Waals surface area (Å²) in [7, 11) is 0. The van der Waals surface area contributed by atoms with Crippen molar-refractivity contribution in [2.24, 2.45) is 5.92 Å². The van der Waals surface area contributed by atoms with Crippen LogP contribution >= 0.6 is 0 Å². The first-order valence-electron chi connectivity index (χ1n) is 9.36. The molecule has 1 N–H and O–H groups in total. The molecule has 26 heavy (non-hydrogen) atoms. The van der Waals surface area contributed by atoms with E-state index in [0.717, 1.165) is 58.0 Å². The van der Waals surface area contributed by atoms with Gasteiger partial charge in [0.2, 0.25) is 0 Å². The van der Waals surface area contributed by atoms with Gasteiger partial charge in [-0.2, -0.15) is 15.4 Å². The monoisotopic (exact) mass is 360 g/mol. The number of hydrogen-bond donors (Lipinski definition) is 1. The molecule has 3 heterocycles. The Labute approximate surface area is 152 Å². The normalized spacial score (nSPS) is 22.1. The summed E-state index contributed by atoms with van der Waals surface area (Å²) in [6.45, 7) is 5.28. The number of nitrogens with one attached hydrogen (secondary N) is 1. The lowest BCUT2D eigenvalue weighted by molar-refractivity contribution is 0.0356. The summed E-state index contributed by atoms with van der Waals surface area (Å²) in [6, 6.07) is 6.60. The Bertz CT molecular complexity index is 717. The van der Waals surface area contributed by atoms with Gasteiger partial charge in [-0.05, 0) is 37.3 Å². The molecule has 2 aliphatic heterocycles. The Morgan fingerprint density at radius 2 is 2.04 bits per heavy atom. The number of likely N-dealkylation sites (tertiary alicyclic amines) is 1. The Balaban J connectivity index is 1.30. The number of ether oxygens (including phenoxy) is 2. The van der Waals surface area contributed by atoms with Gasteiger partial charge in [-0.15, -0.1) is 0 Å². The zero-order valence-electron chi connectivity index (χ0n) is 14.9. The van der Waals surface area contributed by atoms with E-state index in [1.54, 1.807) is 18.2 Å². The minimum atomic E-state index is -0.300. The van der Waals surface area contributed by atoms with Crippen LogP contribution in [0.25, 0.3) is 11.3 Å². The highest BCUT2D eigenvalue weighted by molar-refractivity contribution is 5.61. The van der Waals surface area contributed by atoms with E-state index in [4.69, 9.17) is 9.47 Å². The second-order valence-electron chi connectivity index (χ2n) is 7.14. The van der Waals surface area contributed by atoms with E-state index in [1.807, 2.05) is 0 Å². The fourth-order valence-corrected chi connectivity index (χ4v) is 3.81. The Morgan fingerprint density at radius 1 is 1.19 bits per heavy atom. The third-order valence-corrected chi connectivity index (χ3v) is 5.29. The highest BCUT2D eigenvalue weighted by Gasteiger charge is 2.26. The molecule has 2 aliphatic rings. The van der Waals surface area contributed by atoms with Gasteiger partial charge in [-0.25, -0.2) is 4.39 Å². The van der Waals surface area contributed by atoms with Crippen molar-refractivity contribution in [3.05, 3.63) is 35.8 Å². The van der Waals surface area contributed by atoms with E-state index >= 15 is 0 Å². The van der Waals surface area contributed by atoms with Gasteiger partial charge >= 0.3 is 0 Å². The molecule has 2 fully saturated rings. The topological polar surface area (TPSA) is 63.3 Å². The molecule has 0 radical (unpaired) electrons. The lowest BCUT2D eigenvalue weighted by Crippen LogP contribution is -2.31. The average Bonchev–Trinajstić information content (AvgIpc) is 3.30. The molecule has 1 aromatic carbocycles. The van der Waals surface area contributed by atoms with Crippen LogP contribution in [0.2, 0.25) is 0 Å². The first-order chi connectivity index (χ1) is 12.8. The minimum Gasteiger partial charge on any atom is -0.381 e. The van der Waals surface area contributed by atoms with Crippen molar-refractivity contribution < 1.29 is 13.9 Å². The molecular weight excluding hydrogens is 335 g/mol. The molecule has 2 saturated heterocycles. The highest BCUT2D eigenvalue weighted by atomic mass is 19.1. The predicted octanol–water partition coefficient (Wildman–Crippen LogP) is 2.63. The highest BCUT2D eigenvalue weighted by Crippen LogP contribution is 2.25. The van der Waals surface area contributed by atoms with Gasteiger partial charge in [-0.1, -0.05) is 12.1 Å². The second kappa shape index (κ2) is 8.24. The van der Waals surface area contributed by atoms with E-state index in [0.29, 0.717) is 23.6 Å². The van der Waals surface area contributed by atoms with Crippen molar-refractivity contribution in [1.29, 1.82) is 0 Å². The van der Waals surface area contributed by atoms with E-state index < -0.39 is 0 Å². The number of benzene rings is 1. The van der Waals surface area contributed by atoms with Crippen LogP contribution in [-0.4, -0.2) is 59.3 Å². The summed E-state index contributed by atoms with van der Waals surface area (Å²) >= 11 is 0. The maximum atomic E-state index is 14.0. The zero-order chi connectivity index (χ0) is 17.8. The molecule has 6 nitrogen and oxygen atoms in total. The van der Waals surface area contributed by atoms with Crippen LogP contribution in [0.4, 0.5) is 4.39 Å². The van der Waals surface area contributed by atoms with Gasteiger partial charge in [0, 0.05) is 38.4 Å². The van der Waals surface area contributed by atoms with Crippen LogP contribution in [0.3, 0.4) is 0 Å². The van der Waals surface area contributed by atoms with Crippen molar-refractivity contribution in [2.75, 3.05) is 32.8 Å². The third-order valence-electron chi connectivity index (χ3n) is 5.29. The molecule has 1 aromatic heterocycles. The quantitative estimate of drug-likeness (QED) is 0.858. The number of aromatic nitrogens is 3. The van der Waals surface area contributed by atoms with Crippen molar-refractivity contribution in [3.63, 3.8) is 0 Å². The van der Waals surface area contributed by atoms with Crippen LogP contribution < -0.4 is 0 Å². The summed E-state index contributed by atoms with van der Waals surface area (Å²) in [5.74, 6) is 0.442. The van der Waals surface area contributed by atoms with Gasteiger partial charge in [0.05, 0.1) is 12.7 Å². The summed E-state index contributed by atoms with van der Waals surface area (Å²) in [4.78, 5) is 2.49. The van der Waals surface area contributed by atoms with Gasteiger partial charge in [-0.3, -0.25) is 0 Å². The lowest BCUT2D eigenvalue weighted by atomic mass is 10.00. The molecule has 0 bridgehead atoms. The first kappa shape index (κ1) is 17.6. The number of rotatable bonds is 6. The van der Waals surface area contributed by atoms with Gasteiger partial charge in [0.25, 0.3) is 0 Å². The van der Waals surface area contributed by atoms with E-state index in [-0.39, 0.29) is 11.9 Å². The molecule has 0 unspecified atom stereocenters. The maximum absolute atomic E-state index is 14.0. The Morgan fingerprint density at radius 3 is 2.88 bits per heavy atom. The van der Waals surface area contributed by atoms with Crippen LogP contribution in [0.1, 0.15) is 25.0 Å². The van der Waals surface area contributed by atoms with Crippen LogP contribution in [0, 0.1) is 11.7 Å². The smallest absolute Gasteiger partial charge is 0.132 e. The molecule has 2 aromatic rings. The Hall–Kier alpha value is -1.83. The molecular formula is C19H25FN4O2. The Kier molecular flexibility index (Phi) is 5.57. The molecule has 0 aliphatic carbocycles. The molecule has 1 atom stereocenters. The molecule has 4 rings (SSSR count). The maximum Gasteiger partial charge on any atom is 0.132 e. The minimum absolute atomic E-state index is 0.194. The fourth-order valence-electron chi connectivity index (χ4n) is 3.81. The second-order valence-corrected chi connectivity index (χ2v) is 7.14. The molecule has 7 heteroatoms. The first-order valence-corrected chi connectivity index (χ1v) is 9.36. The van der Waals surface area contributed by atoms with Gasteiger partial charge in [0.1, 0.15) is 17.2 Å². The number of halogens is 1. The summed E-state index contributed by atoms with van der Waals surface area (Å²) in [6.07, 6.45) is 3.54. The van der Waals surface area contributed by atoms with Gasteiger partial charge < -0.3 is 14.4 Å². The zero-order valence-corrected chi connectivity index (χ0v) is 14.9. The summed E-state index contributed by atoms with van der Waals surface area (Å²) < 4.78 is 25.5. The third kappa shape index (κ3) is 4.11. The van der Waals surface area contributed by atoms with E-state index in [2.05, 4.69) is 20.3 Å². The van der Waals surface area contributed by atoms with E-state index in [9.17, 15) is 4.39 Å². The van der Waals surface area contributed by atoms with Crippen molar-refractivity contribution in [3.8, 4) is 11.3 Å². The van der Waals surface area contributed by atoms with Gasteiger partial charge in [0.15, 0.2) is 0 Å². The summed E-state index contributed by atoms with van der Waals surface area (Å²) in [5, 5.41) is 10.9. The largest absolute Gasteiger partial charge is 0.381 e. The number of H-pyrrole nitrogens is 1. The molecule has 0 amide bonds.